The number of nitrogens with zero attached hydrogens (tertiary/aromatic N) is 2. The Morgan fingerprint density at radius 1 is 0.969 bits per heavy atom. The minimum absolute atomic E-state index is 0.325. The molecule has 5 nitrogen and oxygen atoms in total. The molecule has 0 saturated heterocycles. The molecule has 0 spiro atoms. The van der Waals surface area contributed by atoms with Crippen molar-refractivity contribution in [3.63, 3.8) is 0 Å². The van der Waals surface area contributed by atoms with Gasteiger partial charge in [-0.2, -0.15) is 5.10 Å². The van der Waals surface area contributed by atoms with Crippen LogP contribution in [0.15, 0.2) is 94.4 Å². The predicted molar refractivity (Wildman–Crippen MR) is 128 cm³/mol. The second kappa shape index (κ2) is 8.29. The van der Waals surface area contributed by atoms with E-state index < -0.39 is 0 Å². The summed E-state index contributed by atoms with van der Waals surface area (Å²) >= 11 is 6.02. The van der Waals surface area contributed by atoms with Crippen molar-refractivity contribution in [1.29, 1.82) is 0 Å². The number of para-hydroxylation sites is 2. The summed E-state index contributed by atoms with van der Waals surface area (Å²) in [6.07, 6.45) is 0. The van der Waals surface area contributed by atoms with Crippen molar-refractivity contribution in [2.45, 2.75) is 6.92 Å². The van der Waals surface area contributed by atoms with Gasteiger partial charge in [0.1, 0.15) is 11.3 Å². The molecule has 3 aromatic carbocycles. The third-order valence-corrected chi connectivity index (χ3v) is 5.46. The molecule has 6 heteroatoms. The molecule has 5 rings (SSSR count). The molecule has 0 bridgehead atoms. The Hall–Kier alpha value is -3.96. The Labute approximate surface area is 189 Å². The fourth-order valence-electron chi connectivity index (χ4n) is 3.54. The summed E-state index contributed by atoms with van der Waals surface area (Å²) in [4.78, 5) is 17.8. The van der Waals surface area contributed by atoms with Crippen molar-refractivity contribution in [1.82, 2.24) is 10.4 Å². The summed E-state index contributed by atoms with van der Waals surface area (Å²) in [6.45, 7) is 1.79. The molecule has 2 heterocycles. The van der Waals surface area contributed by atoms with Crippen LogP contribution < -0.4 is 5.43 Å². The van der Waals surface area contributed by atoms with Gasteiger partial charge in [-0.25, -0.2) is 10.4 Å². The van der Waals surface area contributed by atoms with Gasteiger partial charge in [-0.05, 0) is 43.3 Å². The van der Waals surface area contributed by atoms with Crippen LogP contribution in [0.4, 0.5) is 0 Å². The molecule has 0 atom stereocenters. The van der Waals surface area contributed by atoms with E-state index in [0.717, 1.165) is 27.4 Å². The zero-order valence-electron chi connectivity index (χ0n) is 17.2. The third-order valence-electron chi connectivity index (χ3n) is 5.21. The highest BCUT2D eigenvalue weighted by molar-refractivity contribution is 6.30. The van der Waals surface area contributed by atoms with E-state index in [2.05, 4.69) is 10.5 Å². The lowest BCUT2D eigenvalue weighted by Gasteiger charge is -2.09. The number of benzene rings is 3. The van der Waals surface area contributed by atoms with Gasteiger partial charge in [-0.1, -0.05) is 60.1 Å². The zero-order valence-corrected chi connectivity index (χ0v) is 17.9. The first-order chi connectivity index (χ1) is 15.6. The van der Waals surface area contributed by atoms with Gasteiger partial charge in [0.2, 0.25) is 0 Å². The third kappa shape index (κ3) is 3.86. The number of hydrogen-bond acceptors (Lipinski definition) is 4. The number of halogens is 1. The van der Waals surface area contributed by atoms with Crippen LogP contribution in [0.3, 0.4) is 0 Å². The smallest absolute Gasteiger partial charge is 0.272 e. The normalized spacial score (nSPS) is 11.8. The minimum atomic E-state index is -0.325. The summed E-state index contributed by atoms with van der Waals surface area (Å²) in [7, 11) is 0. The maximum Gasteiger partial charge on any atom is 0.272 e. The number of fused-ring (bicyclic) bond motifs is 2. The Morgan fingerprint density at radius 2 is 1.72 bits per heavy atom. The second-order valence-electron chi connectivity index (χ2n) is 7.37. The fourth-order valence-corrected chi connectivity index (χ4v) is 3.67. The Kier molecular flexibility index (Phi) is 5.17. The van der Waals surface area contributed by atoms with E-state index in [1.807, 2.05) is 66.7 Å². The highest BCUT2D eigenvalue weighted by Gasteiger charge is 2.14. The van der Waals surface area contributed by atoms with Gasteiger partial charge in [-0.3, -0.25) is 4.79 Å². The summed E-state index contributed by atoms with van der Waals surface area (Å²) < 4.78 is 5.82. The maximum absolute atomic E-state index is 13.1. The van der Waals surface area contributed by atoms with Crippen molar-refractivity contribution in [2.24, 2.45) is 5.10 Å². The Morgan fingerprint density at radius 3 is 2.53 bits per heavy atom. The molecular weight excluding hydrogens is 422 g/mol. The standard InChI is InChI=1S/C26H18ClN3O2/c1-16(25-14-18-6-2-5-9-24(18)32-25)29-30-26(31)21-15-23(17-10-12-19(27)13-11-17)28-22-8-4-3-7-20(21)22/h2-15H,1H3,(H,30,31). The summed E-state index contributed by atoms with van der Waals surface area (Å²) in [5.41, 5.74) is 6.78. The Balaban J connectivity index is 1.49. The SMILES string of the molecule is CC(=NNC(=O)c1cc(-c2ccc(Cl)cc2)nc2ccccc12)c1cc2ccccc2o1. The van der Waals surface area contributed by atoms with Gasteiger partial charge in [0, 0.05) is 21.4 Å². The molecule has 5 aromatic rings. The predicted octanol–water partition coefficient (Wildman–Crippen LogP) is 6.46. The van der Waals surface area contributed by atoms with Crippen LogP contribution in [0.25, 0.3) is 33.1 Å². The van der Waals surface area contributed by atoms with Gasteiger partial charge >= 0.3 is 0 Å². The lowest BCUT2D eigenvalue weighted by Crippen LogP contribution is -2.20. The first-order valence-corrected chi connectivity index (χ1v) is 10.5. The largest absolute Gasteiger partial charge is 0.455 e. The molecule has 1 amide bonds. The topological polar surface area (TPSA) is 67.5 Å². The number of carbonyl (C=O) groups is 1. The van der Waals surface area contributed by atoms with E-state index in [1.54, 1.807) is 25.1 Å². The highest BCUT2D eigenvalue weighted by Crippen LogP contribution is 2.26. The average molecular weight is 440 g/mol. The van der Waals surface area contributed by atoms with Crippen LogP contribution in [0, 0.1) is 0 Å². The molecular formula is C26H18ClN3O2. The van der Waals surface area contributed by atoms with Crippen molar-refractivity contribution in [2.75, 3.05) is 0 Å². The first kappa shape index (κ1) is 20.0. The van der Waals surface area contributed by atoms with Gasteiger partial charge in [0.05, 0.1) is 16.8 Å². The van der Waals surface area contributed by atoms with E-state index in [4.69, 9.17) is 21.0 Å². The summed E-state index contributed by atoms with van der Waals surface area (Å²) in [5.74, 6) is 0.280. The number of furan rings is 1. The molecule has 32 heavy (non-hydrogen) atoms. The van der Waals surface area contributed by atoms with E-state index in [9.17, 15) is 4.79 Å². The maximum atomic E-state index is 13.1. The van der Waals surface area contributed by atoms with Gasteiger partial charge in [0.15, 0.2) is 5.76 Å². The summed E-state index contributed by atoms with van der Waals surface area (Å²) in [6, 6.07) is 26.3. The average Bonchev–Trinajstić information content (AvgIpc) is 3.26. The highest BCUT2D eigenvalue weighted by atomic mass is 35.5. The molecule has 0 unspecified atom stereocenters. The molecule has 0 saturated carbocycles. The zero-order chi connectivity index (χ0) is 22.1. The number of nitrogens with one attached hydrogen (secondary N) is 1. The van der Waals surface area contributed by atoms with Crippen LogP contribution in [-0.2, 0) is 0 Å². The fraction of sp³-hybridized carbons (Fsp3) is 0.0385. The molecule has 0 radical (unpaired) electrons. The number of pyridine rings is 1. The van der Waals surface area contributed by atoms with Gasteiger partial charge in [0.25, 0.3) is 5.91 Å². The second-order valence-corrected chi connectivity index (χ2v) is 7.80. The monoisotopic (exact) mass is 439 g/mol. The lowest BCUT2D eigenvalue weighted by atomic mass is 10.0. The molecule has 0 aliphatic carbocycles. The van der Waals surface area contributed by atoms with E-state index >= 15 is 0 Å². The molecule has 156 valence electrons. The number of rotatable bonds is 4. The molecule has 2 aromatic heterocycles. The van der Waals surface area contributed by atoms with Crippen LogP contribution in [0.1, 0.15) is 23.0 Å². The van der Waals surface area contributed by atoms with E-state index in [0.29, 0.717) is 27.8 Å². The number of hydrazone groups is 1. The van der Waals surface area contributed by atoms with Crippen LogP contribution in [0.2, 0.25) is 5.02 Å². The van der Waals surface area contributed by atoms with Crippen LogP contribution in [-0.4, -0.2) is 16.6 Å². The molecule has 0 fully saturated rings. The first-order valence-electron chi connectivity index (χ1n) is 10.1. The number of hydrogen-bond donors (Lipinski definition) is 1. The van der Waals surface area contributed by atoms with Crippen LogP contribution in [0.5, 0.6) is 0 Å². The van der Waals surface area contributed by atoms with Crippen molar-refractivity contribution in [3.05, 3.63) is 101 Å². The minimum Gasteiger partial charge on any atom is -0.455 e. The van der Waals surface area contributed by atoms with Crippen LogP contribution >= 0.6 is 11.6 Å². The van der Waals surface area contributed by atoms with Crippen molar-refractivity contribution >= 4 is 45.1 Å². The lowest BCUT2D eigenvalue weighted by molar-refractivity contribution is 0.0956. The molecule has 0 aliphatic rings. The number of amides is 1. The van der Waals surface area contributed by atoms with Crippen molar-refractivity contribution < 1.29 is 9.21 Å². The van der Waals surface area contributed by atoms with Gasteiger partial charge in [-0.15, -0.1) is 0 Å². The number of carbonyl (C=O) groups excluding carboxylic acids is 1. The number of aromatic nitrogens is 1. The van der Waals surface area contributed by atoms with E-state index in [-0.39, 0.29) is 5.91 Å². The van der Waals surface area contributed by atoms with Crippen molar-refractivity contribution in [3.8, 4) is 11.3 Å². The quantitative estimate of drug-likeness (QED) is 0.258. The summed E-state index contributed by atoms with van der Waals surface area (Å²) in [5, 5.41) is 6.65. The molecule has 0 aliphatic heterocycles. The Bertz CT molecular complexity index is 1450. The molecule has 1 N–H and O–H groups in total. The van der Waals surface area contributed by atoms with Gasteiger partial charge < -0.3 is 4.42 Å². The van der Waals surface area contributed by atoms with E-state index in [1.165, 1.54) is 0 Å².